The van der Waals surface area contributed by atoms with E-state index in [1.807, 2.05) is 20.4 Å². The first kappa shape index (κ1) is 10.1. The van der Waals surface area contributed by atoms with Crippen molar-refractivity contribution in [2.75, 3.05) is 0 Å². The van der Waals surface area contributed by atoms with Crippen molar-refractivity contribution < 1.29 is 0 Å². The second-order valence-electron chi connectivity index (χ2n) is 2.44. The minimum absolute atomic E-state index is 0.379. The van der Waals surface area contributed by atoms with Gasteiger partial charge in [-0.3, -0.25) is 0 Å². The molecule has 0 bridgehead atoms. The summed E-state index contributed by atoms with van der Waals surface area (Å²) in [6.07, 6.45) is 0.824. The first-order valence-electron chi connectivity index (χ1n) is 2.88. The molecule has 1 unspecified atom stereocenters. The van der Waals surface area contributed by atoms with Gasteiger partial charge in [-0.2, -0.15) is 0 Å². The highest BCUT2D eigenvalue weighted by Gasteiger charge is 2.41. The Kier molecular flexibility index (Phi) is 3.36. The van der Waals surface area contributed by atoms with Gasteiger partial charge in [-0.25, -0.2) is 0 Å². The molecule has 0 fully saturated rings. The van der Waals surface area contributed by atoms with Gasteiger partial charge < -0.3 is 0 Å². The van der Waals surface area contributed by atoms with Crippen LogP contribution in [0.1, 0.15) is 20.3 Å². The lowest BCUT2D eigenvalue weighted by molar-refractivity contribution is 0.802. The van der Waals surface area contributed by atoms with E-state index >= 15 is 0 Å². The molecule has 0 N–H and O–H groups in total. The molecule has 0 aliphatic carbocycles. The molecule has 0 radical (unpaired) electrons. The fourth-order valence-electron chi connectivity index (χ4n) is 0.310. The zero-order chi connectivity index (χ0) is 7.71. The van der Waals surface area contributed by atoms with Crippen molar-refractivity contribution in [3.05, 3.63) is 0 Å². The zero-order valence-corrected chi connectivity index (χ0v) is 9.11. The topological polar surface area (TPSA) is 0 Å². The molecule has 0 saturated carbocycles. The Balaban J connectivity index is 4.14. The third-order valence-corrected chi connectivity index (χ3v) is 8.25. The monoisotopic (exact) mass is 204 g/mol. The Labute approximate surface area is 71.9 Å². The van der Waals surface area contributed by atoms with E-state index in [1.165, 1.54) is 0 Å². The van der Waals surface area contributed by atoms with E-state index in [4.69, 9.17) is 33.8 Å². The van der Waals surface area contributed by atoms with E-state index in [0.29, 0.717) is 0 Å². The van der Waals surface area contributed by atoms with Crippen LogP contribution in [0.15, 0.2) is 0 Å². The maximum absolute atomic E-state index is 5.99. The minimum atomic E-state index is -2.17. The van der Waals surface area contributed by atoms with Gasteiger partial charge in [-0.05, 0) is 19.9 Å². The van der Waals surface area contributed by atoms with Crippen LogP contribution in [0.4, 0.5) is 0 Å². The van der Waals surface area contributed by atoms with Crippen LogP contribution >= 0.6 is 33.8 Å². The molecule has 0 rings (SSSR count). The number of hydrogen-bond donors (Lipinski definition) is 0. The normalized spacial score (nSPS) is 19.3. The van der Waals surface area contributed by atoms with Crippen molar-refractivity contribution in [1.29, 1.82) is 0 Å². The molecule has 0 aliphatic rings. The van der Waals surface area contributed by atoms with Gasteiger partial charge >= 0.3 is 0 Å². The lowest BCUT2D eigenvalue weighted by Crippen LogP contribution is -2.40. The first-order chi connectivity index (χ1) is 3.81. The highest BCUT2D eigenvalue weighted by molar-refractivity contribution is 7.47. The number of hydrogen-bond acceptors (Lipinski definition) is 0. The Morgan fingerprint density at radius 2 is 1.78 bits per heavy atom. The van der Waals surface area contributed by atoms with E-state index in [1.54, 1.807) is 0 Å². The Morgan fingerprint density at radius 3 is 1.78 bits per heavy atom. The lowest BCUT2D eigenvalue weighted by Gasteiger charge is -2.27. The van der Waals surface area contributed by atoms with Crippen LogP contribution in [0.3, 0.4) is 0 Å². The maximum atomic E-state index is 5.99. The quantitative estimate of drug-likeness (QED) is 0.368. The van der Waals surface area contributed by atoms with Crippen LogP contribution in [0.25, 0.3) is 0 Å². The summed E-state index contributed by atoms with van der Waals surface area (Å²) in [4.78, 5) is 0. The molecule has 1 atom stereocenters. The molecule has 0 aromatic carbocycles. The molecule has 4 heteroatoms. The van der Waals surface area contributed by atoms with Gasteiger partial charge in [0, 0.05) is 0 Å². The van der Waals surface area contributed by atoms with Crippen molar-refractivity contribution >= 4 is 40.5 Å². The average Bonchev–Trinajstić information content (AvgIpc) is 1.64. The molecule has 0 aliphatic heterocycles. The third-order valence-electron chi connectivity index (χ3n) is 1.58. The molecule has 0 aromatic heterocycles. The van der Waals surface area contributed by atoms with Crippen LogP contribution in [-0.2, 0) is 0 Å². The van der Waals surface area contributed by atoms with Crippen molar-refractivity contribution in [3.8, 4) is 0 Å². The Bertz CT molecular complexity index is 94.9. The molecule has 0 aromatic rings. The Hall–Kier alpha value is 1.09. The van der Waals surface area contributed by atoms with E-state index in [0.717, 1.165) is 6.42 Å². The number of alkyl halides is 1. The van der Waals surface area contributed by atoms with Gasteiger partial charge in [-0.15, -0.1) is 33.8 Å². The van der Waals surface area contributed by atoms with Crippen molar-refractivity contribution in [2.24, 2.45) is 0 Å². The fourth-order valence-corrected chi connectivity index (χ4v) is 1.73. The molecule has 9 heavy (non-hydrogen) atoms. The predicted molar refractivity (Wildman–Crippen MR) is 47.9 cm³/mol. The van der Waals surface area contributed by atoms with Gasteiger partial charge in [0.25, 0.3) is 6.69 Å². The molecule has 0 spiro atoms. The third kappa shape index (κ3) is 2.66. The van der Waals surface area contributed by atoms with Crippen LogP contribution < -0.4 is 0 Å². The van der Waals surface area contributed by atoms with E-state index in [2.05, 4.69) is 0 Å². The van der Waals surface area contributed by atoms with Gasteiger partial charge in [-0.1, -0.05) is 6.92 Å². The molecule has 0 amide bonds. The van der Waals surface area contributed by atoms with Crippen LogP contribution in [-0.4, -0.2) is 11.2 Å². The summed E-state index contributed by atoms with van der Waals surface area (Å²) < 4.78 is -0.379. The summed E-state index contributed by atoms with van der Waals surface area (Å²) in [5.74, 6) is 0. The van der Waals surface area contributed by atoms with Crippen molar-refractivity contribution in [1.82, 2.24) is 0 Å². The summed E-state index contributed by atoms with van der Waals surface area (Å²) in [5.41, 5.74) is 0. The van der Waals surface area contributed by atoms with E-state index < -0.39 is 6.69 Å². The molecular formula is C5H11Cl3Si. The van der Waals surface area contributed by atoms with E-state index in [-0.39, 0.29) is 4.50 Å². The fraction of sp³-hybridized carbons (Fsp3) is 1.00. The van der Waals surface area contributed by atoms with Crippen LogP contribution in [0.5, 0.6) is 0 Å². The SMILES string of the molecule is CCC(C)(Cl)[Si](C)(Cl)Cl. The average molecular weight is 206 g/mol. The highest BCUT2D eigenvalue weighted by Crippen LogP contribution is 2.36. The summed E-state index contributed by atoms with van der Waals surface area (Å²) in [5, 5.41) is 0. The smallest absolute Gasteiger partial charge is 0.144 e. The predicted octanol–water partition coefficient (Wildman–Crippen LogP) is 3.48. The van der Waals surface area contributed by atoms with Gasteiger partial charge in [0.1, 0.15) is 0 Å². The van der Waals surface area contributed by atoms with Crippen LogP contribution in [0, 0.1) is 0 Å². The number of rotatable bonds is 2. The second kappa shape index (κ2) is 2.99. The Morgan fingerprint density at radius 1 is 1.44 bits per heavy atom. The summed E-state index contributed by atoms with van der Waals surface area (Å²) in [6, 6.07) is 0. The van der Waals surface area contributed by atoms with Gasteiger partial charge in [0.15, 0.2) is 0 Å². The molecular weight excluding hydrogens is 194 g/mol. The van der Waals surface area contributed by atoms with Gasteiger partial charge in [0.2, 0.25) is 0 Å². The molecule has 0 saturated heterocycles. The van der Waals surface area contributed by atoms with E-state index in [9.17, 15) is 0 Å². The van der Waals surface area contributed by atoms with Gasteiger partial charge in [0.05, 0.1) is 4.50 Å². The summed E-state index contributed by atoms with van der Waals surface area (Å²) >= 11 is 17.8. The minimum Gasteiger partial charge on any atom is -0.144 e. The lowest BCUT2D eigenvalue weighted by atomic mass is 10.4. The first-order valence-corrected chi connectivity index (χ1v) is 7.78. The second-order valence-corrected chi connectivity index (χ2v) is 11.6. The maximum Gasteiger partial charge on any atom is 0.268 e. The van der Waals surface area contributed by atoms with Crippen LogP contribution in [0.2, 0.25) is 6.55 Å². The largest absolute Gasteiger partial charge is 0.268 e. The summed E-state index contributed by atoms with van der Waals surface area (Å²) in [7, 11) is 0. The van der Waals surface area contributed by atoms with Crippen molar-refractivity contribution in [2.45, 2.75) is 31.3 Å². The summed E-state index contributed by atoms with van der Waals surface area (Å²) in [6.45, 7) is 3.54. The zero-order valence-electron chi connectivity index (χ0n) is 5.84. The highest BCUT2D eigenvalue weighted by atomic mass is 35.7. The van der Waals surface area contributed by atoms with Crippen molar-refractivity contribution in [3.63, 3.8) is 0 Å². The molecule has 0 nitrogen and oxygen atoms in total. The number of halogens is 3. The standard InChI is InChI=1S/C5H11Cl3Si/c1-4-5(2,6)9(3,7)8/h4H2,1-3H3. The molecule has 56 valence electrons. The molecule has 0 heterocycles.